The molecule has 2 heterocycles. The number of nitrogens with zero attached hydrogens (tertiary/aromatic N) is 3. The Morgan fingerprint density at radius 2 is 1.75 bits per heavy atom. The summed E-state index contributed by atoms with van der Waals surface area (Å²) in [7, 11) is 0. The Bertz CT molecular complexity index is 759. The quantitative estimate of drug-likeness (QED) is 0.744. The summed E-state index contributed by atoms with van der Waals surface area (Å²) >= 11 is 0. The van der Waals surface area contributed by atoms with Gasteiger partial charge in [0.05, 0.1) is 17.5 Å². The van der Waals surface area contributed by atoms with Crippen LogP contribution in [0.3, 0.4) is 0 Å². The molecule has 7 heteroatoms. The predicted octanol–water partition coefficient (Wildman–Crippen LogP) is 3.00. The summed E-state index contributed by atoms with van der Waals surface area (Å²) in [5.74, 6) is 0.285. The van der Waals surface area contributed by atoms with Gasteiger partial charge in [0.2, 0.25) is 0 Å². The van der Waals surface area contributed by atoms with E-state index >= 15 is 0 Å². The molecule has 2 N–H and O–H groups in total. The number of benzene rings is 1. The number of hydrogen-bond acceptors (Lipinski definition) is 3. The highest BCUT2D eigenvalue weighted by atomic mass is 19.4. The second-order valence-electron chi connectivity index (χ2n) is 4.24. The van der Waals surface area contributed by atoms with Crippen molar-refractivity contribution in [1.29, 1.82) is 0 Å². The Labute approximate surface area is 111 Å². The minimum atomic E-state index is -4.35. The van der Waals surface area contributed by atoms with E-state index in [9.17, 15) is 13.2 Å². The van der Waals surface area contributed by atoms with Crippen molar-refractivity contribution in [3.63, 3.8) is 0 Å². The smallest absolute Gasteiger partial charge is 0.384 e. The van der Waals surface area contributed by atoms with Crippen LogP contribution in [-0.4, -0.2) is 14.6 Å². The molecule has 0 spiro atoms. The van der Waals surface area contributed by atoms with Crippen LogP contribution in [0.2, 0.25) is 0 Å². The summed E-state index contributed by atoms with van der Waals surface area (Å²) < 4.78 is 39.2. The molecule has 0 aliphatic carbocycles. The number of hydrogen-bond donors (Lipinski definition) is 1. The van der Waals surface area contributed by atoms with E-state index in [4.69, 9.17) is 5.73 Å². The molecule has 0 aliphatic rings. The molecular weight excluding hydrogens is 269 g/mol. The maximum Gasteiger partial charge on any atom is 0.416 e. The number of halogens is 3. The van der Waals surface area contributed by atoms with Gasteiger partial charge in [0.1, 0.15) is 5.82 Å². The van der Waals surface area contributed by atoms with Gasteiger partial charge in [0, 0.05) is 17.7 Å². The summed E-state index contributed by atoms with van der Waals surface area (Å²) in [6.45, 7) is 0. The van der Waals surface area contributed by atoms with E-state index in [1.165, 1.54) is 16.6 Å². The highest BCUT2D eigenvalue weighted by molar-refractivity contribution is 5.66. The van der Waals surface area contributed by atoms with Crippen molar-refractivity contribution in [2.75, 3.05) is 5.73 Å². The third kappa shape index (κ3) is 2.07. The van der Waals surface area contributed by atoms with Crippen molar-refractivity contribution in [1.82, 2.24) is 14.6 Å². The third-order valence-corrected chi connectivity index (χ3v) is 2.89. The molecule has 3 rings (SSSR count). The van der Waals surface area contributed by atoms with Crippen molar-refractivity contribution in [3.05, 3.63) is 48.2 Å². The second kappa shape index (κ2) is 4.22. The van der Waals surface area contributed by atoms with Crippen LogP contribution in [-0.2, 0) is 6.18 Å². The molecule has 0 atom stereocenters. The molecule has 102 valence electrons. The van der Waals surface area contributed by atoms with E-state index in [1.54, 1.807) is 18.3 Å². The van der Waals surface area contributed by atoms with Gasteiger partial charge in [-0.15, -0.1) is 0 Å². The average Bonchev–Trinajstić information content (AvgIpc) is 2.85. The first kappa shape index (κ1) is 12.5. The molecule has 0 aliphatic heterocycles. The molecule has 0 amide bonds. The highest BCUT2D eigenvalue weighted by Crippen LogP contribution is 2.31. The standard InChI is InChI=1S/C13H9F3N4/c14-13(15,16)9-3-1-8(2-4-9)10-7-11(17)19-12-5-6-18-20(10)12/h1-7H,(H2,17,19). The third-order valence-electron chi connectivity index (χ3n) is 2.89. The zero-order valence-corrected chi connectivity index (χ0v) is 10.1. The lowest BCUT2D eigenvalue weighted by molar-refractivity contribution is -0.137. The van der Waals surface area contributed by atoms with Gasteiger partial charge < -0.3 is 5.73 Å². The lowest BCUT2D eigenvalue weighted by Crippen LogP contribution is -2.04. The number of nitrogen functional groups attached to an aromatic ring is 1. The van der Waals surface area contributed by atoms with Gasteiger partial charge in [-0.2, -0.15) is 18.3 Å². The van der Waals surface area contributed by atoms with Crippen molar-refractivity contribution >= 4 is 11.5 Å². The largest absolute Gasteiger partial charge is 0.416 e. The van der Waals surface area contributed by atoms with E-state index in [-0.39, 0.29) is 5.82 Å². The van der Waals surface area contributed by atoms with Gasteiger partial charge in [0.25, 0.3) is 0 Å². The summed E-state index contributed by atoms with van der Waals surface area (Å²) in [4.78, 5) is 4.08. The first-order chi connectivity index (χ1) is 9.45. The fourth-order valence-electron chi connectivity index (χ4n) is 1.97. The maximum atomic E-state index is 12.5. The Kier molecular flexibility index (Phi) is 2.63. The van der Waals surface area contributed by atoms with Crippen LogP contribution in [0, 0.1) is 0 Å². The molecule has 4 nitrogen and oxygen atoms in total. The van der Waals surface area contributed by atoms with Gasteiger partial charge in [-0.3, -0.25) is 0 Å². The minimum Gasteiger partial charge on any atom is -0.384 e. The van der Waals surface area contributed by atoms with Gasteiger partial charge in [-0.25, -0.2) is 9.50 Å². The molecule has 2 aromatic heterocycles. The second-order valence-corrected chi connectivity index (χ2v) is 4.24. The van der Waals surface area contributed by atoms with E-state index in [2.05, 4.69) is 10.1 Å². The number of aromatic nitrogens is 3. The minimum absolute atomic E-state index is 0.285. The summed E-state index contributed by atoms with van der Waals surface area (Å²) in [6, 6.07) is 8.08. The Morgan fingerprint density at radius 3 is 2.40 bits per heavy atom. The monoisotopic (exact) mass is 278 g/mol. The van der Waals surface area contributed by atoms with E-state index in [1.807, 2.05) is 0 Å². The van der Waals surface area contributed by atoms with Crippen LogP contribution in [0.4, 0.5) is 19.0 Å². The summed E-state index contributed by atoms with van der Waals surface area (Å²) in [6.07, 6.45) is -2.80. The van der Waals surface area contributed by atoms with Gasteiger partial charge in [0.15, 0.2) is 5.65 Å². The highest BCUT2D eigenvalue weighted by Gasteiger charge is 2.30. The normalized spacial score (nSPS) is 11.9. The molecule has 20 heavy (non-hydrogen) atoms. The fourth-order valence-corrected chi connectivity index (χ4v) is 1.97. The molecule has 3 aromatic rings. The molecule has 0 fully saturated rings. The van der Waals surface area contributed by atoms with Crippen LogP contribution in [0.15, 0.2) is 42.6 Å². The Balaban J connectivity index is 2.14. The van der Waals surface area contributed by atoms with Crippen molar-refractivity contribution < 1.29 is 13.2 Å². The Morgan fingerprint density at radius 1 is 1.05 bits per heavy atom. The topological polar surface area (TPSA) is 56.2 Å². The van der Waals surface area contributed by atoms with Crippen LogP contribution in [0.1, 0.15) is 5.56 Å². The maximum absolute atomic E-state index is 12.5. The summed E-state index contributed by atoms with van der Waals surface area (Å²) in [5.41, 5.74) is 6.71. The number of nitrogens with two attached hydrogens (primary N) is 1. The lowest BCUT2D eigenvalue weighted by atomic mass is 10.1. The number of rotatable bonds is 1. The average molecular weight is 278 g/mol. The molecule has 0 unspecified atom stereocenters. The zero-order valence-electron chi connectivity index (χ0n) is 10.1. The predicted molar refractivity (Wildman–Crippen MR) is 67.8 cm³/mol. The van der Waals surface area contributed by atoms with Crippen molar-refractivity contribution in [2.45, 2.75) is 6.18 Å². The molecule has 0 saturated heterocycles. The zero-order chi connectivity index (χ0) is 14.3. The molecular formula is C13H9F3N4. The number of fused-ring (bicyclic) bond motifs is 1. The van der Waals surface area contributed by atoms with Crippen LogP contribution in [0.25, 0.3) is 16.9 Å². The molecule has 0 saturated carbocycles. The molecule has 0 bridgehead atoms. The van der Waals surface area contributed by atoms with Crippen LogP contribution < -0.4 is 5.73 Å². The molecule has 0 radical (unpaired) electrons. The van der Waals surface area contributed by atoms with Gasteiger partial charge in [-0.05, 0) is 12.1 Å². The van der Waals surface area contributed by atoms with Crippen molar-refractivity contribution in [2.24, 2.45) is 0 Å². The SMILES string of the molecule is Nc1cc(-c2ccc(C(F)(F)F)cc2)n2nccc2n1. The van der Waals surface area contributed by atoms with Crippen LogP contribution in [0.5, 0.6) is 0 Å². The van der Waals surface area contributed by atoms with E-state index in [0.29, 0.717) is 16.9 Å². The van der Waals surface area contributed by atoms with Gasteiger partial charge in [-0.1, -0.05) is 12.1 Å². The summed E-state index contributed by atoms with van der Waals surface area (Å²) in [5, 5.41) is 4.08. The lowest BCUT2D eigenvalue weighted by Gasteiger charge is -2.09. The Hall–Kier alpha value is -2.57. The van der Waals surface area contributed by atoms with Gasteiger partial charge >= 0.3 is 6.18 Å². The first-order valence-electron chi connectivity index (χ1n) is 5.73. The first-order valence-corrected chi connectivity index (χ1v) is 5.73. The number of alkyl halides is 3. The van der Waals surface area contributed by atoms with Crippen LogP contribution >= 0.6 is 0 Å². The van der Waals surface area contributed by atoms with Crippen molar-refractivity contribution in [3.8, 4) is 11.3 Å². The van der Waals surface area contributed by atoms with E-state index in [0.717, 1.165) is 12.1 Å². The van der Waals surface area contributed by atoms with E-state index < -0.39 is 11.7 Å². The fraction of sp³-hybridized carbons (Fsp3) is 0.0769. The number of anilines is 1. The molecule has 1 aromatic carbocycles.